The standard InChI is InChI=1S/C15H22N2O4/c1-5-16-13-9-14(15(13,2)3)21-12-8-10(17(18)19)6-7-11(12)20-4/h6-8,13-14,16H,5,9H2,1-4H3. The molecule has 1 N–H and O–H groups in total. The maximum Gasteiger partial charge on any atom is 0.273 e. The highest BCUT2D eigenvalue weighted by molar-refractivity contribution is 5.48. The van der Waals surface area contributed by atoms with E-state index in [4.69, 9.17) is 9.47 Å². The van der Waals surface area contributed by atoms with E-state index in [1.54, 1.807) is 6.07 Å². The zero-order valence-corrected chi connectivity index (χ0v) is 12.9. The Morgan fingerprint density at radius 1 is 1.43 bits per heavy atom. The van der Waals surface area contributed by atoms with Crippen molar-refractivity contribution in [1.82, 2.24) is 5.32 Å². The van der Waals surface area contributed by atoms with Gasteiger partial charge in [-0.1, -0.05) is 20.8 Å². The van der Waals surface area contributed by atoms with E-state index in [2.05, 4.69) is 26.1 Å². The molecule has 0 spiro atoms. The minimum absolute atomic E-state index is 0.00571. The van der Waals surface area contributed by atoms with Gasteiger partial charge in [0.2, 0.25) is 0 Å². The summed E-state index contributed by atoms with van der Waals surface area (Å²) >= 11 is 0. The second-order valence-corrected chi connectivity index (χ2v) is 5.87. The first kappa shape index (κ1) is 15.6. The van der Waals surface area contributed by atoms with Gasteiger partial charge < -0.3 is 14.8 Å². The van der Waals surface area contributed by atoms with Crippen molar-refractivity contribution in [3.63, 3.8) is 0 Å². The van der Waals surface area contributed by atoms with E-state index >= 15 is 0 Å². The van der Waals surface area contributed by atoms with Gasteiger partial charge in [-0.15, -0.1) is 0 Å². The van der Waals surface area contributed by atoms with Crippen molar-refractivity contribution >= 4 is 5.69 Å². The summed E-state index contributed by atoms with van der Waals surface area (Å²) in [5.41, 5.74) is -0.0165. The molecule has 0 amide bonds. The van der Waals surface area contributed by atoms with Crippen LogP contribution in [-0.2, 0) is 0 Å². The minimum atomic E-state index is -0.431. The molecule has 0 aromatic heterocycles. The third kappa shape index (κ3) is 2.95. The Kier molecular flexibility index (Phi) is 4.37. The third-order valence-corrected chi connectivity index (χ3v) is 4.26. The number of nitro benzene ring substituents is 1. The van der Waals surface area contributed by atoms with Gasteiger partial charge in [0, 0.05) is 23.9 Å². The largest absolute Gasteiger partial charge is 0.493 e. The van der Waals surface area contributed by atoms with E-state index in [1.165, 1.54) is 19.2 Å². The fourth-order valence-corrected chi connectivity index (χ4v) is 2.70. The van der Waals surface area contributed by atoms with Gasteiger partial charge in [-0.25, -0.2) is 0 Å². The molecule has 21 heavy (non-hydrogen) atoms. The molecule has 1 aromatic rings. The molecule has 116 valence electrons. The molecular formula is C15H22N2O4. The van der Waals surface area contributed by atoms with Gasteiger partial charge in [0.25, 0.3) is 5.69 Å². The van der Waals surface area contributed by atoms with Crippen LogP contribution in [0.5, 0.6) is 11.5 Å². The maximum absolute atomic E-state index is 10.9. The summed E-state index contributed by atoms with van der Waals surface area (Å²) in [6.45, 7) is 7.27. The molecule has 1 saturated carbocycles. The van der Waals surface area contributed by atoms with Gasteiger partial charge in [-0.3, -0.25) is 10.1 Å². The Bertz CT molecular complexity index is 530. The van der Waals surface area contributed by atoms with Crippen molar-refractivity contribution in [1.29, 1.82) is 0 Å². The number of non-ortho nitro benzene ring substituents is 1. The number of ether oxygens (including phenoxy) is 2. The predicted octanol–water partition coefficient (Wildman–Crippen LogP) is 2.76. The fourth-order valence-electron chi connectivity index (χ4n) is 2.70. The minimum Gasteiger partial charge on any atom is -0.493 e. The topological polar surface area (TPSA) is 73.6 Å². The molecule has 0 heterocycles. The summed E-state index contributed by atoms with van der Waals surface area (Å²) in [5.74, 6) is 0.947. The van der Waals surface area contributed by atoms with E-state index in [0.29, 0.717) is 17.5 Å². The summed E-state index contributed by atoms with van der Waals surface area (Å²) < 4.78 is 11.2. The normalized spacial score (nSPS) is 23.2. The molecule has 0 saturated heterocycles. The van der Waals surface area contributed by atoms with Crippen LogP contribution in [0.15, 0.2) is 18.2 Å². The average Bonchev–Trinajstić information content (AvgIpc) is 2.46. The Balaban J connectivity index is 2.16. The summed E-state index contributed by atoms with van der Waals surface area (Å²) in [6.07, 6.45) is 0.893. The van der Waals surface area contributed by atoms with Gasteiger partial charge in [0.05, 0.1) is 18.1 Å². The molecule has 2 rings (SSSR count). The van der Waals surface area contributed by atoms with Gasteiger partial charge in [0.1, 0.15) is 6.10 Å². The highest BCUT2D eigenvalue weighted by atomic mass is 16.6. The van der Waals surface area contributed by atoms with Gasteiger partial charge in [-0.05, 0) is 12.6 Å². The molecule has 0 aliphatic heterocycles. The summed E-state index contributed by atoms with van der Waals surface area (Å²) in [5, 5.41) is 14.3. The molecule has 2 unspecified atom stereocenters. The number of benzene rings is 1. The van der Waals surface area contributed by atoms with Crippen LogP contribution in [0.4, 0.5) is 5.69 Å². The van der Waals surface area contributed by atoms with Crippen LogP contribution in [-0.4, -0.2) is 30.7 Å². The quantitative estimate of drug-likeness (QED) is 0.645. The van der Waals surface area contributed by atoms with E-state index in [-0.39, 0.29) is 17.2 Å². The van der Waals surface area contributed by atoms with Crippen LogP contribution < -0.4 is 14.8 Å². The number of nitrogens with one attached hydrogen (secondary N) is 1. The van der Waals surface area contributed by atoms with Crippen molar-refractivity contribution in [3.8, 4) is 11.5 Å². The van der Waals surface area contributed by atoms with Crippen molar-refractivity contribution < 1.29 is 14.4 Å². The van der Waals surface area contributed by atoms with Crippen LogP contribution in [0, 0.1) is 15.5 Å². The number of rotatable bonds is 6. The number of methoxy groups -OCH3 is 1. The van der Waals surface area contributed by atoms with Crippen molar-refractivity contribution in [2.24, 2.45) is 5.41 Å². The predicted molar refractivity (Wildman–Crippen MR) is 79.9 cm³/mol. The fraction of sp³-hybridized carbons (Fsp3) is 0.600. The first-order chi connectivity index (χ1) is 9.90. The Morgan fingerprint density at radius 2 is 2.14 bits per heavy atom. The number of hydrogen-bond donors (Lipinski definition) is 1. The number of hydrogen-bond acceptors (Lipinski definition) is 5. The SMILES string of the molecule is CCNC1CC(Oc2cc([N+](=O)[O-])ccc2OC)C1(C)C. The average molecular weight is 294 g/mol. The van der Waals surface area contributed by atoms with Gasteiger partial charge in [0.15, 0.2) is 11.5 Å². The summed E-state index contributed by atoms with van der Waals surface area (Å²) in [7, 11) is 1.53. The molecule has 0 bridgehead atoms. The molecular weight excluding hydrogens is 272 g/mol. The van der Waals surface area contributed by atoms with Crippen LogP contribution in [0.25, 0.3) is 0 Å². The first-order valence-electron chi connectivity index (χ1n) is 7.12. The van der Waals surface area contributed by atoms with Crippen molar-refractivity contribution in [2.45, 2.75) is 39.3 Å². The molecule has 1 aromatic carbocycles. The van der Waals surface area contributed by atoms with Crippen LogP contribution >= 0.6 is 0 Å². The Hall–Kier alpha value is -1.82. The van der Waals surface area contributed by atoms with E-state index in [9.17, 15) is 10.1 Å². The number of nitrogens with zero attached hydrogens (tertiary/aromatic N) is 1. The lowest BCUT2D eigenvalue weighted by Crippen LogP contribution is -2.62. The highest BCUT2D eigenvalue weighted by Crippen LogP contribution is 2.45. The van der Waals surface area contributed by atoms with Gasteiger partial charge in [-0.2, -0.15) is 0 Å². The van der Waals surface area contributed by atoms with E-state index in [1.807, 2.05) is 0 Å². The third-order valence-electron chi connectivity index (χ3n) is 4.26. The lowest BCUT2D eigenvalue weighted by atomic mass is 9.64. The van der Waals surface area contributed by atoms with Crippen molar-refractivity contribution in [2.75, 3.05) is 13.7 Å². The maximum atomic E-state index is 10.9. The zero-order valence-electron chi connectivity index (χ0n) is 12.9. The Labute approximate surface area is 124 Å². The molecule has 2 atom stereocenters. The summed E-state index contributed by atoms with van der Waals surface area (Å²) in [4.78, 5) is 10.5. The highest BCUT2D eigenvalue weighted by Gasteiger charge is 2.49. The van der Waals surface area contributed by atoms with Crippen LogP contribution in [0.3, 0.4) is 0 Å². The number of nitro groups is 1. The molecule has 6 nitrogen and oxygen atoms in total. The molecule has 1 fully saturated rings. The molecule has 1 aliphatic rings. The second kappa shape index (κ2) is 5.89. The lowest BCUT2D eigenvalue weighted by molar-refractivity contribution is -0.385. The van der Waals surface area contributed by atoms with Crippen LogP contribution in [0.1, 0.15) is 27.2 Å². The van der Waals surface area contributed by atoms with E-state index < -0.39 is 4.92 Å². The molecule has 6 heteroatoms. The Morgan fingerprint density at radius 3 is 2.67 bits per heavy atom. The zero-order chi connectivity index (χ0) is 15.6. The van der Waals surface area contributed by atoms with E-state index in [0.717, 1.165) is 13.0 Å². The molecule has 1 aliphatic carbocycles. The van der Waals surface area contributed by atoms with Crippen molar-refractivity contribution in [3.05, 3.63) is 28.3 Å². The lowest BCUT2D eigenvalue weighted by Gasteiger charge is -2.51. The summed E-state index contributed by atoms with van der Waals surface area (Å²) in [6, 6.07) is 4.81. The van der Waals surface area contributed by atoms with Gasteiger partial charge >= 0.3 is 0 Å². The molecule has 0 radical (unpaired) electrons. The second-order valence-electron chi connectivity index (χ2n) is 5.87. The first-order valence-corrected chi connectivity index (χ1v) is 7.12. The smallest absolute Gasteiger partial charge is 0.273 e. The monoisotopic (exact) mass is 294 g/mol. The van der Waals surface area contributed by atoms with Crippen LogP contribution in [0.2, 0.25) is 0 Å².